The maximum atomic E-state index is 13.1. The minimum absolute atomic E-state index is 0.0870. The largest absolute Gasteiger partial charge is 0.496 e. The quantitative estimate of drug-likeness (QED) is 0.770. The fraction of sp³-hybridized carbons (Fsp3) is 0.286. The summed E-state index contributed by atoms with van der Waals surface area (Å²) in [4.78, 5) is 18.5. The van der Waals surface area contributed by atoms with Crippen LogP contribution in [0.5, 0.6) is 5.75 Å². The van der Waals surface area contributed by atoms with Gasteiger partial charge in [-0.1, -0.05) is 18.2 Å². The summed E-state index contributed by atoms with van der Waals surface area (Å²) in [7, 11) is 1.69. The first-order valence-electron chi connectivity index (χ1n) is 8.62. The van der Waals surface area contributed by atoms with Gasteiger partial charge in [0, 0.05) is 34.3 Å². The van der Waals surface area contributed by atoms with Crippen LogP contribution < -0.4 is 4.74 Å². The lowest BCUT2D eigenvalue weighted by molar-refractivity contribution is 0.0746. The van der Waals surface area contributed by atoms with Crippen LogP contribution in [0.2, 0.25) is 0 Å². The second kappa shape index (κ2) is 5.96. The van der Waals surface area contributed by atoms with Crippen molar-refractivity contribution >= 4 is 16.8 Å². The van der Waals surface area contributed by atoms with E-state index in [4.69, 9.17) is 4.74 Å². The Morgan fingerprint density at radius 3 is 2.68 bits per heavy atom. The van der Waals surface area contributed by atoms with Crippen LogP contribution in [0.4, 0.5) is 0 Å². The Hall–Kier alpha value is -2.75. The van der Waals surface area contributed by atoms with Gasteiger partial charge in [-0.25, -0.2) is 0 Å². The second-order valence-corrected chi connectivity index (χ2v) is 6.69. The van der Waals surface area contributed by atoms with Gasteiger partial charge in [-0.3, -0.25) is 4.79 Å². The van der Waals surface area contributed by atoms with E-state index in [-0.39, 0.29) is 5.91 Å². The van der Waals surface area contributed by atoms with Crippen molar-refractivity contribution in [3.05, 3.63) is 64.3 Å². The Morgan fingerprint density at radius 2 is 1.92 bits per heavy atom. The van der Waals surface area contributed by atoms with Crippen LogP contribution in [0, 0.1) is 13.8 Å². The molecule has 0 atom stereocenters. The smallest absolute Gasteiger partial charge is 0.254 e. The highest BCUT2D eigenvalue weighted by Gasteiger charge is 2.26. The maximum Gasteiger partial charge on any atom is 0.254 e. The Labute approximate surface area is 147 Å². The van der Waals surface area contributed by atoms with Crippen LogP contribution in [0.3, 0.4) is 0 Å². The maximum absolute atomic E-state index is 13.1. The molecule has 25 heavy (non-hydrogen) atoms. The molecule has 3 aromatic rings. The van der Waals surface area contributed by atoms with E-state index in [2.05, 4.69) is 18.0 Å². The highest BCUT2D eigenvalue weighted by molar-refractivity contribution is 5.97. The molecule has 2 aromatic carbocycles. The fourth-order valence-electron chi connectivity index (χ4n) is 3.88. The number of methoxy groups -OCH3 is 1. The van der Waals surface area contributed by atoms with E-state index in [0.29, 0.717) is 13.1 Å². The number of hydrogen-bond donors (Lipinski definition) is 1. The molecule has 4 heteroatoms. The third-order valence-corrected chi connectivity index (χ3v) is 5.21. The lowest BCUT2D eigenvalue weighted by Gasteiger charge is -2.23. The van der Waals surface area contributed by atoms with Crippen molar-refractivity contribution in [1.82, 2.24) is 9.88 Å². The molecule has 4 rings (SSSR count). The van der Waals surface area contributed by atoms with Gasteiger partial charge in [0.25, 0.3) is 5.91 Å². The van der Waals surface area contributed by atoms with Gasteiger partial charge in [-0.15, -0.1) is 0 Å². The number of amides is 1. The summed E-state index contributed by atoms with van der Waals surface area (Å²) in [6, 6.07) is 11.8. The summed E-state index contributed by atoms with van der Waals surface area (Å²) in [6.07, 6.45) is 0.851. The normalized spacial score (nSPS) is 13.8. The Bertz CT molecular complexity index is 971. The zero-order valence-electron chi connectivity index (χ0n) is 14.8. The molecule has 0 saturated carbocycles. The molecule has 0 fully saturated rings. The molecule has 0 unspecified atom stereocenters. The van der Waals surface area contributed by atoms with Crippen LogP contribution in [-0.4, -0.2) is 29.4 Å². The van der Waals surface area contributed by atoms with E-state index in [1.807, 2.05) is 42.2 Å². The van der Waals surface area contributed by atoms with Crippen molar-refractivity contribution < 1.29 is 9.53 Å². The third kappa shape index (κ3) is 2.49. The summed E-state index contributed by atoms with van der Waals surface area (Å²) in [5.74, 6) is 0.932. The van der Waals surface area contributed by atoms with Gasteiger partial charge in [-0.05, 0) is 49.6 Å². The molecular weight excluding hydrogens is 312 g/mol. The molecule has 4 nitrogen and oxygen atoms in total. The zero-order chi connectivity index (χ0) is 17.6. The van der Waals surface area contributed by atoms with Crippen LogP contribution in [0.1, 0.15) is 32.7 Å². The number of carbonyl (C=O) groups excluding carboxylic acids is 1. The number of ether oxygens (including phenoxy) is 1. The standard InChI is InChI=1S/C21H22N2O2/c1-13-6-4-5-7-15(13)21(24)23-11-10-16-14(2)22-18-8-9-19(25-3)17(12-23)20(16)18/h4-9,22H,10-12H2,1-3H3. The van der Waals surface area contributed by atoms with E-state index in [1.54, 1.807) is 7.11 Å². The average molecular weight is 334 g/mol. The first kappa shape index (κ1) is 15.8. The topological polar surface area (TPSA) is 45.3 Å². The first-order valence-corrected chi connectivity index (χ1v) is 8.62. The third-order valence-electron chi connectivity index (χ3n) is 5.21. The number of hydrogen-bond acceptors (Lipinski definition) is 2. The molecule has 1 amide bonds. The molecule has 0 saturated heterocycles. The number of nitrogens with one attached hydrogen (secondary N) is 1. The van der Waals surface area contributed by atoms with Gasteiger partial charge in [0.15, 0.2) is 0 Å². The lowest BCUT2D eigenvalue weighted by atomic mass is 10.0. The number of aryl methyl sites for hydroxylation is 2. The van der Waals surface area contributed by atoms with Gasteiger partial charge in [-0.2, -0.15) is 0 Å². The summed E-state index contributed by atoms with van der Waals surface area (Å²) in [5.41, 5.74) is 6.47. The second-order valence-electron chi connectivity index (χ2n) is 6.69. The van der Waals surface area contributed by atoms with Crippen molar-refractivity contribution in [2.45, 2.75) is 26.8 Å². The van der Waals surface area contributed by atoms with Gasteiger partial charge < -0.3 is 14.6 Å². The highest BCUT2D eigenvalue weighted by Crippen LogP contribution is 2.36. The minimum atomic E-state index is 0.0870. The summed E-state index contributed by atoms with van der Waals surface area (Å²) in [5, 5.41) is 1.22. The van der Waals surface area contributed by atoms with E-state index in [9.17, 15) is 4.79 Å². The van der Waals surface area contributed by atoms with E-state index in [0.717, 1.165) is 34.4 Å². The summed E-state index contributed by atoms with van der Waals surface area (Å²) in [6.45, 7) is 5.36. The number of carbonyl (C=O) groups is 1. The van der Waals surface area contributed by atoms with Crippen molar-refractivity contribution in [2.24, 2.45) is 0 Å². The van der Waals surface area contributed by atoms with Crippen LogP contribution >= 0.6 is 0 Å². The van der Waals surface area contributed by atoms with Gasteiger partial charge >= 0.3 is 0 Å². The molecule has 128 valence electrons. The van der Waals surface area contributed by atoms with Crippen LogP contribution in [-0.2, 0) is 13.0 Å². The number of aromatic nitrogens is 1. The number of nitrogens with zero attached hydrogens (tertiary/aromatic N) is 1. The zero-order valence-corrected chi connectivity index (χ0v) is 14.8. The predicted octanol–water partition coefficient (Wildman–Crippen LogP) is 3.99. The molecule has 1 aliphatic heterocycles. The molecule has 0 radical (unpaired) electrons. The van der Waals surface area contributed by atoms with E-state index < -0.39 is 0 Å². The van der Waals surface area contributed by atoms with Crippen molar-refractivity contribution in [3.63, 3.8) is 0 Å². The van der Waals surface area contributed by atoms with Crippen molar-refractivity contribution in [3.8, 4) is 5.75 Å². The van der Waals surface area contributed by atoms with Crippen LogP contribution in [0.15, 0.2) is 36.4 Å². The minimum Gasteiger partial charge on any atom is -0.496 e. The SMILES string of the molecule is COc1ccc2[nH]c(C)c3c2c1CN(C(=O)c1ccccc1C)CC3. The van der Waals surface area contributed by atoms with Crippen LogP contribution in [0.25, 0.3) is 10.9 Å². The number of H-pyrrole nitrogens is 1. The molecule has 1 aliphatic rings. The molecule has 1 aromatic heterocycles. The van der Waals surface area contributed by atoms with Crippen molar-refractivity contribution in [2.75, 3.05) is 13.7 Å². The average Bonchev–Trinajstić information content (AvgIpc) is 2.80. The molecule has 0 aliphatic carbocycles. The molecule has 1 N–H and O–H groups in total. The van der Waals surface area contributed by atoms with Crippen molar-refractivity contribution in [1.29, 1.82) is 0 Å². The highest BCUT2D eigenvalue weighted by atomic mass is 16.5. The molecule has 0 bridgehead atoms. The predicted molar refractivity (Wildman–Crippen MR) is 99.2 cm³/mol. The fourth-order valence-corrected chi connectivity index (χ4v) is 3.88. The summed E-state index contributed by atoms with van der Waals surface area (Å²) < 4.78 is 5.60. The van der Waals surface area contributed by atoms with Gasteiger partial charge in [0.05, 0.1) is 13.7 Å². The lowest BCUT2D eigenvalue weighted by Crippen LogP contribution is -2.32. The molecular formula is C21H22N2O2. The van der Waals surface area contributed by atoms with E-state index in [1.165, 1.54) is 16.6 Å². The number of rotatable bonds is 2. The molecule has 0 spiro atoms. The number of benzene rings is 2. The Balaban J connectivity index is 1.80. The molecule has 2 heterocycles. The van der Waals surface area contributed by atoms with Gasteiger partial charge in [0.1, 0.15) is 5.75 Å². The Kier molecular flexibility index (Phi) is 3.75. The van der Waals surface area contributed by atoms with E-state index >= 15 is 0 Å². The first-order chi connectivity index (χ1) is 12.1. The number of aromatic amines is 1. The monoisotopic (exact) mass is 334 g/mol. The van der Waals surface area contributed by atoms with Gasteiger partial charge in [0.2, 0.25) is 0 Å². The Morgan fingerprint density at radius 1 is 1.12 bits per heavy atom. The summed E-state index contributed by atoms with van der Waals surface area (Å²) >= 11 is 0.